The number of carboxylic acids is 1. The van der Waals surface area contributed by atoms with Gasteiger partial charge in [-0.15, -0.1) is 0 Å². The van der Waals surface area contributed by atoms with Gasteiger partial charge in [-0.1, -0.05) is 62.4 Å². The maximum absolute atomic E-state index is 13.5. The molecule has 1 fully saturated rings. The van der Waals surface area contributed by atoms with Crippen molar-refractivity contribution < 1.29 is 19.5 Å². The summed E-state index contributed by atoms with van der Waals surface area (Å²) in [6.45, 7) is 3.76. The van der Waals surface area contributed by atoms with E-state index < -0.39 is 23.8 Å². The first-order valence-electron chi connectivity index (χ1n) is 10.2. The second kappa shape index (κ2) is 6.28. The van der Waals surface area contributed by atoms with Crippen molar-refractivity contribution in [1.82, 2.24) is 4.90 Å². The molecule has 6 rings (SSSR count). The summed E-state index contributed by atoms with van der Waals surface area (Å²) in [7, 11) is 0. The molecular weight excluding hydrogens is 366 g/mol. The van der Waals surface area contributed by atoms with Crippen LogP contribution in [0.25, 0.3) is 0 Å². The molecule has 0 spiro atoms. The molecule has 148 valence electrons. The summed E-state index contributed by atoms with van der Waals surface area (Å²) in [6.07, 6.45) is 0.203. The molecule has 2 bridgehead atoms. The van der Waals surface area contributed by atoms with Crippen molar-refractivity contribution in [3.63, 3.8) is 0 Å². The van der Waals surface area contributed by atoms with Gasteiger partial charge in [0.15, 0.2) is 0 Å². The Morgan fingerprint density at radius 3 is 1.55 bits per heavy atom. The van der Waals surface area contributed by atoms with Gasteiger partial charge in [-0.3, -0.25) is 14.5 Å². The third-order valence-corrected chi connectivity index (χ3v) is 6.76. The second-order valence-electron chi connectivity index (χ2n) is 8.78. The highest BCUT2D eigenvalue weighted by molar-refractivity contribution is 6.09. The highest BCUT2D eigenvalue weighted by Gasteiger charge is 2.62. The first-order chi connectivity index (χ1) is 13.9. The number of imide groups is 1. The topological polar surface area (TPSA) is 77.5 Å². The molecule has 2 aromatic rings. The molecule has 3 aliphatic carbocycles. The molecule has 1 aliphatic heterocycles. The fraction of sp³-hybridized carbons (Fsp3) is 0.375. The standard InChI is InChI=1S/C24H23NO4/c1-12(2)11-17(24(28)29)25-22(26)20-18-13-7-3-4-8-14(13)19(21(20)23(25)27)16-10-6-5-9-15(16)18/h3-10,12,17-21H,11H2,1-2H3,(H,28,29)/p-1/t17-,18?,19?,20-,21+/m1/s1. The quantitative estimate of drug-likeness (QED) is 0.751. The first-order valence-corrected chi connectivity index (χ1v) is 10.2. The van der Waals surface area contributed by atoms with Gasteiger partial charge in [-0.2, -0.15) is 0 Å². The fourth-order valence-electron chi connectivity index (χ4n) is 5.76. The summed E-state index contributed by atoms with van der Waals surface area (Å²) < 4.78 is 0. The minimum Gasteiger partial charge on any atom is -0.548 e. The van der Waals surface area contributed by atoms with Crippen LogP contribution in [0.1, 0.15) is 54.4 Å². The number of nitrogens with zero attached hydrogens (tertiary/aromatic N) is 1. The van der Waals surface area contributed by atoms with Crippen molar-refractivity contribution in [2.45, 2.75) is 38.1 Å². The van der Waals surface area contributed by atoms with Crippen LogP contribution in [0.15, 0.2) is 48.5 Å². The van der Waals surface area contributed by atoms with Gasteiger partial charge >= 0.3 is 0 Å². The molecule has 3 atom stereocenters. The molecule has 29 heavy (non-hydrogen) atoms. The van der Waals surface area contributed by atoms with Crippen LogP contribution in [0, 0.1) is 17.8 Å². The van der Waals surface area contributed by atoms with Crippen LogP contribution in [0.4, 0.5) is 0 Å². The van der Waals surface area contributed by atoms with E-state index in [1.54, 1.807) is 0 Å². The normalized spacial score (nSPS) is 27.6. The molecule has 2 amide bonds. The van der Waals surface area contributed by atoms with Crippen molar-refractivity contribution in [2.75, 3.05) is 0 Å². The Morgan fingerprint density at radius 1 is 0.862 bits per heavy atom. The predicted molar refractivity (Wildman–Crippen MR) is 104 cm³/mol. The maximum atomic E-state index is 13.5. The van der Waals surface area contributed by atoms with E-state index in [0.717, 1.165) is 27.2 Å². The van der Waals surface area contributed by atoms with E-state index in [1.807, 2.05) is 62.4 Å². The van der Waals surface area contributed by atoms with Crippen molar-refractivity contribution in [1.29, 1.82) is 0 Å². The molecule has 1 heterocycles. The Kier molecular flexibility index (Phi) is 3.92. The molecular formula is C24H22NO4-. The van der Waals surface area contributed by atoms with E-state index in [2.05, 4.69) is 0 Å². The lowest BCUT2D eigenvalue weighted by atomic mass is 9.55. The van der Waals surface area contributed by atoms with E-state index in [9.17, 15) is 19.5 Å². The van der Waals surface area contributed by atoms with Crippen LogP contribution in [-0.4, -0.2) is 28.7 Å². The van der Waals surface area contributed by atoms with Crippen LogP contribution >= 0.6 is 0 Å². The summed E-state index contributed by atoms with van der Waals surface area (Å²) in [5.74, 6) is -3.62. The van der Waals surface area contributed by atoms with Crippen molar-refractivity contribution in [2.24, 2.45) is 17.8 Å². The third kappa shape index (κ3) is 2.36. The molecule has 5 heteroatoms. The van der Waals surface area contributed by atoms with Crippen molar-refractivity contribution in [3.8, 4) is 0 Å². The number of benzene rings is 2. The third-order valence-electron chi connectivity index (χ3n) is 6.76. The van der Waals surface area contributed by atoms with E-state index in [4.69, 9.17) is 0 Å². The largest absolute Gasteiger partial charge is 0.548 e. The lowest BCUT2D eigenvalue weighted by Gasteiger charge is -2.45. The highest BCUT2D eigenvalue weighted by Crippen LogP contribution is 2.61. The summed E-state index contributed by atoms with van der Waals surface area (Å²) in [4.78, 5) is 39.9. The van der Waals surface area contributed by atoms with E-state index in [-0.39, 0.29) is 36.0 Å². The van der Waals surface area contributed by atoms with E-state index >= 15 is 0 Å². The number of aliphatic carboxylic acids is 1. The van der Waals surface area contributed by atoms with Gasteiger partial charge < -0.3 is 9.90 Å². The Morgan fingerprint density at radius 2 is 1.24 bits per heavy atom. The zero-order valence-electron chi connectivity index (χ0n) is 16.4. The molecule has 1 saturated heterocycles. The zero-order chi connectivity index (χ0) is 20.4. The van der Waals surface area contributed by atoms with Crippen LogP contribution in [-0.2, 0) is 14.4 Å². The lowest BCUT2D eigenvalue weighted by Crippen LogP contribution is -2.51. The Balaban J connectivity index is 1.67. The minimum atomic E-state index is -1.36. The molecule has 0 N–H and O–H groups in total. The van der Waals surface area contributed by atoms with Crippen molar-refractivity contribution in [3.05, 3.63) is 70.8 Å². The van der Waals surface area contributed by atoms with E-state index in [0.29, 0.717) is 0 Å². The van der Waals surface area contributed by atoms with Gasteiger partial charge in [0.25, 0.3) is 0 Å². The molecule has 0 unspecified atom stereocenters. The van der Waals surface area contributed by atoms with Gasteiger partial charge in [-0.05, 0) is 34.6 Å². The lowest BCUT2D eigenvalue weighted by molar-refractivity contribution is -0.311. The zero-order valence-corrected chi connectivity index (χ0v) is 16.4. The van der Waals surface area contributed by atoms with Gasteiger partial charge in [0, 0.05) is 11.8 Å². The number of hydrogen-bond donors (Lipinski definition) is 0. The smallest absolute Gasteiger partial charge is 0.234 e. The summed E-state index contributed by atoms with van der Waals surface area (Å²) in [5.41, 5.74) is 4.31. The Bertz CT molecular complexity index is 927. The van der Waals surface area contributed by atoms with Crippen LogP contribution in [0.3, 0.4) is 0 Å². The first kappa shape index (κ1) is 18.1. The Labute approximate surface area is 169 Å². The number of carboxylic acid groups (broad SMARTS) is 1. The highest BCUT2D eigenvalue weighted by atomic mass is 16.4. The molecule has 2 aromatic carbocycles. The summed E-state index contributed by atoms with van der Waals surface area (Å²) >= 11 is 0. The average molecular weight is 388 g/mol. The predicted octanol–water partition coefficient (Wildman–Crippen LogP) is 2.04. The van der Waals surface area contributed by atoms with Gasteiger partial charge in [0.1, 0.15) is 0 Å². The summed E-state index contributed by atoms with van der Waals surface area (Å²) in [5, 5.41) is 11.9. The van der Waals surface area contributed by atoms with Crippen LogP contribution in [0.5, 0.6) is 0 Å². The van der Waals surface area contributed by atoms with Gasteiger partial charge in [-0.25, -0.2) is 0 Å². The number of carbonyl (C=O) groups excluding carboxylic acids is 3. The second-order valence-corrected chi connectivity index (χ2v) is 8.78. The summed E-state index contributed by atoms with van der Waals surface area (Å²) in [6, 6.07) is 14.7. The number of likely N-dealkylation sites (tertiary alicyclic amines) is 1. The SMILES string of the molecule is CC(C)C[C@H](C(=O)[O-])N1C(=O)[C@@H]2C3c4ccccc4C(c4ccccc43)[C@@H]2C1=O. The van der Waals surface area contributed by atoms with Gasteiger partial charge in [0.05, 0.1) is 23.8 Å². The van der Waals surface area contributed by atoms with Crippen molar-refractivity contribution >= 4 is 17.8 Å². The number of hydrogen-bond acceptors (Lipinski definition) is 4. The van der Waals surface area contributed by atoms with Crippen LogP contribution in [0.2, 0.25) is 0 Å². The van der Waals surface area contributed by atoms with E-state index in [1.165, 1.54) is 0 Å². The minimum absolute atomic E-state index is 0.0206. The number of rotatable bonds is 4. The molecule has 0 radical (unpaired) electrons. The monoisotopic (exact) mass is 388 g/mol. The number of carbonyl (C=O) groups is 3. The fourth-order valence-corrected chi connectivity index (χ4v) is 5.76. The molecule has 5 nitrogen and oxygen atoms in total. The maximum Gasteiger partial charge on any atom is 0.234 e. The van der Waals surface area contributed by atoms with Crippen LogP contribution < -0.4 is 5.11 Å². The average Bonchev–Trinajstić information content (AvgIpc) is 2.97. The van der Waals surface area contributed by atoms with Gasteiger partial charge in [0.2, 0.25) is 11.8 Å². The molecule has 4 aliphatic rings. The number of amides is 2. The Hall–Kier alpha value is -2.95. The molecule has 0 saturated carbocycles. The molecule has 0 aromatic heterocycles.